The summed E-state index contributed by atoms with van der Waals surface area (Å²) >= 11 is 0. The molecule has 0 unspecified atom stereocenters. The van der Waals surface area contributed by atoms with Crippen LogP contribution in [0.15, 0.2) is 419 Å². The molecule has 0 spiro atoms. The van der Waals surface area contributed by atoms with Gasteiger partial charge < -0.3 is 18.3 Å². The van der Waals surface area contributed by atoms with Crippen LogP contribution in [0.25, 0.3) is 159 Å². The van der Waals surface area contributed by atoms with Crippen LogP contribution in [-0.4, -0.2) is 26.3 Å². The second-order valence-corrected chi connectivity index (χ2v) is 32.0. The molecule has 21 aromatic rings. The van der Waals surface area contributed by atoms with Crippen LogP contribution in [0.1, 0.15) is 0 Å². The smallest absolute Gasteiger partial charge is 0.188 e. The Hall–Kier alpha value is -14.4. The highest BCUT2D eigenvalue weighted by Crippen LogP contribution is 2.43. The van der Waals surface area contributed by atoms with Crippen molar-refractivity contribution in [3.8, 4) is 67.3 Å². The van der Waals surface area contributed by atoms with Gasteiger partial charge >= 0.3 is 0 Å². The Balaban J connectivity index is 0.000000150. The van der Waals surface area contributed by atoms with Gasteiger partial charge in [0, 0.05) is 60.5 Å². The summed E-state index contributed by atoms with van der Waals surface area (Å²) in [6.45, 7) is 7.65. The summed E-state index contributed by atoms with van der Waals surface area (Å²) in [5, 5.41) is 15.1. The molecule has 4 aromatic heterocycles. The number of aromatic nitrogens is 4. The molecule has 0 radical (unpaired) electrons. The van der Waals surface area contributed by atoms with Crippen LogP contribution in [0.5, 0.6) is 0 Å². The summed E-state index contributed by atoms with van der Waals surface area (Å²) in [6, 6.07) is 152. The molecule has 4 heterocycles. The number of hydrogen-bond donors (Lipinski definition) is 0. The van der Waals surface area contributed by atoms with Crippen molar-refractivity contribution < 1.29 is 0 Å². The minimum Gasteiger partial charge on any atom is -0.309 e. The third-order valence-corrected chi connectivity index (χ3v) is 26.9. The average molecular weight is 1400 g/mol. The van der Waals surface area contributed by atoms with E-state index in [9.17, 15) is 0 Å². The van der Waals surface area contributed by atoms with Gasteiger partial charge in [-0.25, -0.2) is 4.85 Å². The van der Waals surface area contributed by atoms with Gasteiger partial charge in [0.15, 0.2) is 13.8 Å². The first-order valence-electron chi connectivity index (χ1n) is 37.2. The lowest BCUT2D eigenvalue weighted by molar-refractivity contribution is 1.18. The van der Waals surface area contributed by atoms with Crippen molar-refractivity contribution in [2.24, 2.45) is 0 Å². The van der Waals surface area contributed by atoms with Crippen molar-refractivity contribution in [3.63, 3.8) is 0 Å². The molecule has 0 atom stereocenters. The molecule has 6 heteroatoms. The fourth-order valence-electron chi connectivity index (χ4n) is 17.2. The molecule has 0 amide bonds. The highest BCUT2D eigenvalue weighted by atomic mass is 28.3. The van der Waals surface area contributed by atoms with E-state index in [1.165, 1.54) is 120 Å². The molecule has 0 aliphatic heterocycles. The molecule has 5 nitrogen and oxygen atoms in total. The van der Waals surface area contributed by atoms with Gasteiger partial charge in [-0.2, -0.15) is 0 Å². The van der Waals surface area contributed by atoms with E-state index >= 15 is 0 Å². The van der Waals surface area contributed by atoms with Crippen molar-refractivity contribution in [3.05, 3.63) is 430 Å². The minimum atomic E-state index is -2.77. The van der Waals surface area contributed by atoms with Crippen LogP contribution in [0.2, 0.25) is 0 Å². The SMILES string of the molecule is [C-]#[N+]c1ccc2c(c1)c1cc(-c3ccc4c(c3)c3ccccc3n4-c3cccc(-c4ccccc4)c3)ccc1n2-c1ccccc1.c1ccc(-c2cccc(-n3c4ccccc4c4cc(-c5ccc6c(c5)c5cc([Si](c7ccccc7)(c7ccccc7)c7ccccc7)ccc5n6-c5ccccc5)ccc43)c2)cc1. The molecule has 0 fully saturated rings. The first kappa shape index (κ1) is 64.3. The summed E-state index contributed by atoms with van der Waals surface area (Å²) in [4.78, 5) is 3.74. The number of benzene rings is 17. The lowest BCUT2D eigenvalue weighted by Crippen LogP contribution is -2.74. The lowest BCUT2D eigenvalue weighted by atomic mass is 10.0. The van der Waals surface area contributed by atoms with Crippen molar-refractivity contribution >= 4 is 122 Å². The zero-order chi connectivity index (χ0) is 72.4. The second-order valence-electron chi connectivity index (χ2n) is 28.2. The summed E-state index contributed by atoms with van der Waals surface area (Å²) in [6.07, 6.45) is 0. The maximum atomic E-state index is 7.65. The second kappa shape index (κ2) is 27.0. The molecule has 0 aliphatic rings. The number of nitrogens with zero attached hydrogens (tertiary/aromatic N) is 5. The zero-order valence-electron chi connectivity index (χ0n) is 59.6. The summed E-state index contributed by atoms with van der Waals surface area (Å²) < 4.78 is 9.53. The number of hydrogen-bond acceptors (Lipinski definition) is 0. The molecule has 0 saturated heterocycles. The number of para-hydroxylation sites is 4. The lowest BCUT2D eigenvalue weighted by Gasteiger charge is -2.34. The Morgan fingerprint density at radius 3 is 0.826 bits per heavy atom. The fraction of sp³-hybridized carbons (Fsp3) is 0. The molecule has 109 heavy (non-hydrogen) atoms. The van der Waals surface area contributed by atoms with E-state index < -0.39 is 8.07 Å². The Kier molecular flexibility index (Phi) is 15.9. The third-order valence-electron chi connectivity index (χ3n) is 22.2. The number of fused-ring (bicyclic) bond motifs is 12. The van der Waals surface area contributed by atoms with E-state index in [2.05, 4.69) is 423 Å². The van der Waals surface area contributed by atoms with Crippen molar-refractivity contribution in [2.45, 2.75) is 0 Å². The van der Waals surface area contributed by atoms with Gasteiger partial charge in [0.1, 0.15) is 0 Å². The van der Waals surface area contributed by atoms with Crippen LogP contribution < -0.4 is 20.7 Å². The van der Waals surface area contributed by atoms with Gasteiger partial charge in [-0.05, 0) is 198 Å². The molecule has 510 valence electrons. The molecule has 0 saturated carbocycles. The van der Waals surface area contributed by atoms with Gasteiger partial charge in [-0.15, -0.1) is 0 Å². The first-order valence-corrected chi connectivity index (χ1v) is 39.2. The van der Waals surface area contributed by atoms with Crippen molar-refractivity contribution in [1.29, 1.82) is 0 Å². The molecular weight excluding hydrogens is 1340 g/mol. The zero-order valence-corrected chi connectivity index (χ0v) is 60.6. The fourth-order valence-corrected chi connectivity index (χ4v) is 22.0. The standard InChI is InChI=1S/C60H42N2Si.C43H27N3/c1-6-19-43(20-7-1)44-21-18-24-48(39-44)62-57-32-17-16-31-53(57)54-40-45(33-36-58(54)62)46-34-37-59-55(41-46)56-42-52(35-38-60(56)61(59)47-22-8-2-9-23-47)63(49-25-10-3-11-26-49,50-27-12-4-13-28-50)51-29-14-5-15-30-51;1-44-33-21-24-43-39(28-33)38-27-32(20-23-42(38)45(43)34-14-6-3-7-15-34)31-19-22-41-37(26-31)36-17-8-9-18-40(36)46(41)35-16-10-13-30(25-35)29-11-4-2-5-12-29/h1-42H;2-28H. The predicted molar refractivity (Wildman–Crippen MR) is 462 cm³/mol. The van der Waals surface area contributed by atoms with Gasteiger partial charge in [-0.3, -0.25) is 0 Å². The molecular formula is C103H69N5Si. The summed E-state index contributed by atoms with van der Waals surface area (Å²) in [5.41, 5.74) is 24.1. The Morgan fingerprint density at radius 2 is 0.440 bits per heavy atom. The maximum Gasteiger partial charge on any atom is 0.188 e. The maximum absolute atomic E-state index is 7.65. The molecule has 17 aromatic carbocycles. The highest BCUT2D eigenvalue weighted by Gasteiger charge is 2.42. The minimum absolute atomic E-state index is 0.649. The van der Waals surface area contributed by atoms with Gasteiger partial charge in [0.25, 0.3) is 0 Å². The van der Waals surface area contributed by atoms with E-state index in [1.807, 2.05) is 18.2 Å². The average Bonchev–Trinajstić information content (AvgIpc) is 1.71. The molecule has 0 bridgehead atoms. The molecule has 0 aliphatic carbocycles. The van der Waals surface area contributed by atoms with Crippen LogP contribution in [-0.2, 0) is 0 Å². The summed E-state index contributed by atoms with van der Waals surface area (Å²) in [5.74, 6) is 0. The monoisotopic (exact) mass is 1400 g/mol. The Labute approximate surface area is 633 Å². The van der Waals surface area contributed by atoms with E-state index in [0.29, 0.717) is 5.69 Å². The van der Waals surface area contributed by atoms with E-state index in [4.69, 9.17) is 6.57 Å². The first-order chi connectivity index (χ1) is 54.0. The number of rotatable bonds is 12. The van der Waals surface area contributed by atoms with Gasteiger partial charge in [0.2, 0.25) is 0 Å². The van der Waals surface area contributed by atoms with E-state index in [0.717, 1.165) is 55.7 Å². The quantitative estimate of drug-likeness (QED) is 0.0661. The van der Waals surface area contributed by atoms with E-state index in [1.54, 1.807) is 0 Å². The Morgan fingerprint density at radius 1 is 0.174 bits per heavy atom. The normalized spacial score (nSPS) is 11.7. The van der Waals surface area contributed by atoms with Gasteiger partial charge in [0.05, 0.1) is 50.7 Å². The van der Waals surface area contributed by atoms with Crippen LogP contribution >= 0.6 is 0 Å². The van der Waals surface area contributed by atoms with Crippen LogP contribution in [0.3, 0.4) is 0 Å². The van der Waals surface area contributed by atoms with Gasteiger partial charge in [-0.1, -0.05) is 291 Å². The van der Waals surface area contributed by atoms with Crippen molar-refractivity contribution in [2.75, 3.05) is 0 Å². The highest BCUT2D eigenvalue weighted by molar-refractivity contribution is 7.20. The van der Waals surface area contributed by atoms with Crippen LogP contribution in [0.4, 0.5) is 5.69 Å². The molecule has 21 rings (SSSR count). The molecule has 0 N–H and O–H groups in total. The van der Waals surface area contributed by atoms with Crippen LogP contribution in [0, 0.1) is 6.57 Å². The summed E-state index contributed by atoms with van der Waals surface area (Å²) in [7, 11) is -2.77. The topological polar surface area (TPSA) is 24.1 Å². The third kappa shape index (κ3) is 11.0. The van der Waals surface area contributed by atoms with E-state index in [-0.39, 0.29) is 0 Å². The predicted octanol–water partition coefficient (Wildman–Crippen LogP) is 24.4. The largest absolute Gasteiger partial charge is 0.309 e. The van der Waals surface area contributed by atoms with Crippen molar-refractivity contribution in [1.82, 2.24) is 18.3 Å². The Bertz CT molecular complexity index is 6980.